The molecule has 0 aromatic heterocycles. The van der Waals surface area contributed by atoms with Crippen LogP contribution in [0.5, 0.6) is 0 Å². The Hall–Kier alpha value is -1.59. The van der Waals surface area contributed by atoms with Gasteiger partial charge in [0.2, 0.25) is 5.91 Å². The van der Waals surface area contributed by atoms with Gasteiger partial charge < -0.3 is 14.8 Å². The van der Waals surface area contributed by atoms with Crippen LogP contribution in [0.2, 0.25) is 0 Å². The lowest BCUT2D eigenvalue weighted by Crippen LogP contribution is -2.47. The second kappa shape index (κ2) is 7.79. The molecule has 0 aromatic carbocycles. The van der Waals surface area contributed by atoms with Gasteiger partial charge in [0, 0.05) is 6.54 Å². The molecule has 1 amide bonds. The zero-order valence-corrected chi connectivity index (χ0v) is 15.7. The van der Waals surface area contributed by atoms with Crippen molar-refractivity contribution in [2.45, 2.75) is 55.4 Å². The van der Waals surface area contributed by atoms with E-state index >= 15 is 0 Å². The van der Waals surface area contributed by atoms with Crippen molar-refractivity contribution in [2.24, 2.45) is 16.2 Å². The largest absolute Gasteiger partial charge is 0.464 e. The molecule has 6 heteroatoms. The fourth-order valence-electron chi connectivity index (χ4n) is 1.43. The molecule has 0 saturated carbocycles. The molecule has 0 aliphatic carbocycles. The summed E-state index contributed by atoms with van der Waals surface area (Å²) in [5.74, 6) is -1.13. The van der Waals surface area contributed by atoms with Crippen LogP contribution in [0.25, 0.3) is 0 Å². The lowest BCUT2D eigenvalue weighted by atomic mass is 9.90. The number of nitrogens with one attached hydrogen (secondary N) is 1. The molecule has 0 rings (SSSR count). The molecular formula is C17H31NO5. The monoisotopic (exact) mass is 329 g/mol. The number of amides is 1. The normalized spacial score (nSPS) is 12.5. The number of rotatable bonds is 6. The van der Waals surface area contributed by atoms with Crippen LogP contribution in [0, 0.1) is 16.2 Å². The third kappa shape index (κ3) is 7.01. The molecule has 23 heavy (non-hydrogen) atoms. The lowest BCUT2D eigenvalue weighted by molar-refractivity contribution is -0.166. The summed E-state index contributed by atoms with van der Waals surface area (Å²) >= 11 is 0. The highest BCUT2D eigenvalue weighted by Crippen LogP contribution is 2.24. The van der Waals surface area contributed by atoms with Crippen molar-refractivity contribution >= 4 is 17.8 Å². The fraction of sp³-hybridized carbons (Fsp3) is 0.824. The van der Waals surface area contributed by atoms with Gasteiger partial charge in [0.05, 0.1) is 10.8 Å². The Morgan fingerprint density at radius 1 is 0.783 bits per heavy atom. The van der Waals surface area contributed by atoms with Crippen LogP contribution in [0.15, 0.2) is 0 Å². The molecule has 0 radical (unpaired) electrons. The number of carbonyl (C=O) groups excluding carboxylic acids is 3. The van der Waals surface area contributed by atoms with E-state index in [9.17, 15) is 14.4 Å². The highest BCUT2D eigenvalue weighted by atomic mass is 16.5. The molecule has 0 aromatic rings. The summed E-state index contributed by atoms with van der Waals surface area (Å²) in [6.45, 7) is 14.0. The van der Waals surface area contributed by atoms with E-state index < -0.39 is 28.2 Å². The van der Waals surface area contributed by atoms with Gasteiger partial charge in [-0.1, -0.05) is 0 Å². The van der Waals surface area contributed by atoms with Gasteiger partial charge in [0.15, 0.2) is 0 Å². The molecule has 0 fully saturated rings. The second-order valence-corrected chi connectivity index (χ2v) is 8.07. The van der Waals surface area contributed by atoms with Crippen LogP contribution in [-0.2, 0) is 23.9 Å². The summed E-state index contributed by atoms with van der Waals surface area (Å²) in [4.78, 5) is 36.2. The SMILES string of the molecule is CCNC(=O)C(C)(COC(=O)C(C)(C)C)COC(=O)C(C)(C)C. The molecule has 6 nitrogen and oxygen atoms in total. The summed E-state index contributed by atoms with van der Waals surface area (Å²) in [6.07, 6.45) is 0. The fourth-order valence-corrected chi connectivity index (χ4v) is 1.43. The van der Waals surface area contributed by atoms with Crippen molar-refractivity contribution in [3.05, 3.63) is 0 Å². The van der Waals surface area contributed by atoms with Crippen LogP contribution < -0.4 is 5.32 Å². The average molecular weight is 329 g/mol. The van der Waals surface area contributed by atoms with Crippen LogP contribution in [0.4, 0.5) is 0 Å². The van der Waals surface area contributed by atoms with Gasteiger partial charge >= 0.3 is 11.9 Å². The molecule has 1 N–H and O–H groups in total. The Morgan fingerprint density at radius 2 is 1.13 bits per heavy atom. The summed E-state index contributed by atoms with van der Waals surface area (Å²) in [6, 6.07) is 0. The Balaban J connectivity index is 5.01. The van der Waals surface area contributed by atoms with Gasteiger partial charge in [-0.05, 0) is 55.4 Å². The minimum absolute atomic E-state index is 0.146. The molecule has 0 saturated heterocycles. The first-order valence-electron chi connectivity index (χ1n) is 7.87. The predicted octanol–water partition coefficient (Wildman–Crippen LogP) is 2.31. The van der Waals surface area contributed by atoms with Crippen molar-refractivity contribution in [1.29, 1.82) is 0 Å². The van der Waals surface area contributed by atoms with E-state index in [1.54, 1.807) is 55.4 Å². The lowest BCUT2D eigenvalue weighted by Gasteiger charge is -2.30. The van der Waals surface area contributed by atoms with Gasteiger partial charge in [0.1, 0.15) is 18.6 Å². The number of hydrogen-bond acceptors (Lipinski definition) is 5. The van der Waals surface area contributed by atoms with E-state index in [0.717, 1.165) is 0 Å². The molecule has 0 aliphatic heterocycles. The van der Waals surface area contributed by atoms with E-state index in [0.29, 0.717) is 6.54 Å². The number of hydrogen-bond donors (Lipinski definition) is 1. The molecule has 0 unspecified atom stereocenters. The van der Waals surface area contributed by atoms with Gasteiger partial charge in [-0.3, -0.25) is 14.4 Å². The second-order valence-electron chi connectivity index (χ2n) is 8.07. The predicted molar refractivity (Wildman–Crippen MR) is 87.6 cm³/mol. The summed E-state index contributed by atoms with van der Waals surface area (Å²) in [5, 5.41) is 2.69. The zero-order chi connectivity index (χ0) is 18.5. The molecule has 0 atom stereocenters. The Kier molecular flexibility index (Phi) is 7.26. The van der Waals surface area contributed by atoms with E-state index in [4.69, 9.17) is 9.47 Å². The average Bonchev–Trinajstić information content (AvgIpc) is 2.40. The van der Waals surface area contributed by atoms with Crippen LogP contribution in [-0.4, -0.2) is 37.6 Å². The highest BCUT2D eigenvalue weighted by molar-refractivity contribution is 5.84. The minimum atomic E-state index is -1.13. The third-order valence-corrected chi connectivity index (χ3v) is 3.15. The first-order valence-corrected chi connectivity index (χ1v) is 7.87. The summed E-state index contributed by atoms with van der Waals surface area (Å²) < 4.78 is 10.5. The first-order chi connectivity index (χ1) is 10.2. The van der Waals surface area contributed by atoms with Crippen LogP contribution in [0.1, 0.15) is 55.4 Å². The van der Waals surface area contributed by atoms with Gasteiger partial charge in [-0.15, -0.1) is 0 Å². The summed E-state index contributed by atoms with van der Waals surface area (Å²) in [5.41, 5.74) is -2.45. The number of ether oxygens (including phenoxy) is 2. The van der Waals surface area contributed by atoms with E-state index in [1.165, 1.54) is 0 Å². The van der Waals surface area contributed by atoms with Gasteiger partial charge in [0.25, 0.3) is 0 Å². The minimum Gasteiger partial charge on any atom is -0.464 e. The van der Waals surface area contributed by atoms with E-state index in [1.807, 2.05) is 0 Å². The smallest absolute Gasteiger partial charge is 0.311 e. The molecule has 0 spiro atoms. The maximum Gasteiger partial charge on any atom is 0.311 e. The molecule has 0 bridgehead atoms. The van der Waals surface area contributed by atoms with Crippen LogP contribution in [0.3, 0.4) is 0 Å². The molecule has 134 valence electrons. The maximum absolute atomic E-state index is 12.3. The van der Waals surface area contributed by atoms with Crippen molar-refractivity contribution < 1.29 is 23.9 Å². The van der Waals surface area contributed by atoms with Crippen molar-refractivity contribution in [3.8, 4) is 0 Å². The number of esters is 2. The molecular weight excluding hydrogens is 298 g/mol. The molecule has 0 heterocycles. The topological polar surface area (TPSA) is 81.7 Å². The van der Waals surface area contributed by atoms with E-state index in [-0.39, 0.29) is 19.1 Å². The zero-order valence-electron chi connectivity index (χ0n) is 15.7. The van der Waals surface area contributed by atoms with Crippen molar-refractivity contribution in [3.63, 3.8) is 0 Å². The number of carbonyl (C=O) groups is 3. The third-order valence-electron chi connectivity index (χ3n) is 3.15. The highest BCUT2D eigenvalue weighted by Gasteiger charge is 2.38. The molecule has 0 aliphatic rings. The van der Waals surface area contributed by atoms with Gasteiger partial charge in [-0.2, -0.15) is 0 Å². The van der Waals surface area contributed by atoms with Crippen LogP contribution >= 0.6 is 0 Å². The van der Waals surface area contributed by atoms with Crippen molar-refractivity contribution in [1.82, 2.24) is 5.32 Å². The van der Waals surface area contributed by atoms with Gasteiger partial charge in [-0.25, -0.2) is 0 Å². The quantitative estimate of drug-likeness (QED) is 0.756. The Morgan fingerprint density at radius 3 is 1.39 bits per heavy atom. The standard InChI is InChI=1S/C17H31NO5/c1-9-18-12(19)17(8,10-22-13(20)15(2,3)4)11-23-14(21)16(5,6)7/h9-11H2,1-8H3,(H,18,19). The summed E-state index contributed by atoms with van der Waals surface area (Å²) in [7, 11) is 0. The van der Waals surface area contributed by atoms with E-state index in [2.05, 4.69) is 5.32 Å². The van der Waals surface area contributed by atoms with Crippen molar-refractivity contribution in [2.75, 3.05) is 19.8 Å². The Labute approximate surface area is 139 Å². The Bertz CT molecular complexity index is 413. The first kappa shape index (κ1) is 21.4. The maximum atomic E-state index is 12.3.